The van der Waals surface area contributed by atoms with Crippen LogP contribution in [0.4, 0.5) is 17.1 Å². The van der Waals surface area contributed by atoms with Gasteiger partial charge < -0.3 is 15.2 Å². The van der Waals surface area contributed by atoms with Gasteiger partial charge in [-0.25, -0.2) is 0 Å². The van der Waals surface area contributed by atoms with Crippen LogP contribution in [-0.2, 0) is 14.3 Å². The summed E-state index contributed by atoms with van der Waals surface area (Å²) in [5.41, 5.74) is 7.31. The van der Waals surface area contributed by atoms with Gasteiger partial charge in [-0.1, -0.05) is 54.5 Å². The summed E-state index contributed by atoms with van der Waals surface area (Å²) in [6.07, 6.45) is 5.43. The lowest BCUT2D eigenvalue weighted by Crippen LogP contribution is -2.34. The number of benzene rings is 3. The molecule has 3 aromatic carbocycles. The quantitative estimate of drug-likeness (QED) is 0.229. The topological polar surface area (TPSA) is 78.9 Å². The Hall–Kier alpha value is -4.16. The van der Waals surface area contributed by atoms with E-state index in [2.05, 4.69) is 25.2 Å². The third-order valence-corrected chi connectivity index (χ3v) is 8.79. The highest BCUT2D eigenvalue weighted by Crippen LogP contribution is 2.50. The molecule has 0 spiro atoms. The van der Waals surface area contributed by atoms with Gasteiger partial charge >= 0.3 is 0 Å². The Kier molecular flexibility index (Phi) is 7.50. The molecule has 3 aromatic rings. The van der Waals surface area contributed by atoms with Crippen LogP contribution in [0.2, 0.25) is 0 Å². The predicted octanol–water partition coefficient (Wildman–Crippen LogP) is 7.25. The van der Waals surface area contributed by atoms with Crippen molar-refractivity contribution in [3.63, 3.8) is 0 Å². The Morgan fingerprint density at radius 1 is 0.951 bits per heavy atom. The summed E-state index contributed by atoms with van der Waals surface area (Å²) < 4.78 is 6.33. The first-order valence-corrected chi connectivity index (χ1v) is 14.5. The summed E-state index contributed by atoms with van der Waals surface area (Å²) in [5.74, 6) is -0.697. The van der Waals surface area contributed by atoms with Gasteiger partial charge in [0, 0.05) is 17.3 Å². The van der Waals surface area contributed by atoms with Crippen molar-refractivity contribution in [3.05, 3.63) is 101 Å². The van der Waals surface area contributed by atoms with Crippen LogP contribution in [0.3, 0.4) is 0 Å². The van der Waals surface area contributed by atoms with E-state index in [1.807, 2.05) is 66.7 Å². The van der Waals surface area contributed by atoms with Gasteiger partial charge in [-0.2, -0.15) is 0 Å². The number of aromatic hydroxyl groups is 1. The molecule has 2 saturated heterocycles. The summed E-state index contributed by atoms with van der Waals surface area (Å²) in [7, 11) is 0. The fraction of sp³-hybridized carbons (Fsp3) is 0.314. The smallest absolute Gasteiger partial charge is 0.238 e. The molecule has 2 amide bonds. The van der Waals surface area contributed by atoms with Crippen molar-refractivity contribution in [2.75, 3.05) is 16.8 Å². The molecule has 6 nitrogen and oxygen atoms in total. The van der Waals surface area contributed by atoms with Crippen molar-refractivity contribution >= 4 is 35.0 Å². The molecule has 2 N–H and O–H groups in total. The molecular formula is C35H36N2O4. The first kappa shape index (κ1) is 27.0. The molecule has 0 bridgehead atoms. The first-order chi connectivity index (χ1) is 19.9. The van der Waals surface area contributed by atoms with Crippen molar-refractivity contribution in [2.45, 2.75) is 45.6 Å². The number of carbonyl (C=O) groups is 2. The lowest BCUT2D eigenvalue weighted by Gasteiger charge is -2.30. The number of fused-ring (bicyclic) bond motifs is 3. The van der Waals surface area contributed by atoms with Crippen LogP contribution < -0.4 is 10.2 Å². The monoisotopic (exact) mass is 548 g/mol. The normalized spacial score (nSPS) is 24.0. The van der Waals surface area contributed by atoms with Gasteiger partial charge in [0.15, 0.2) is 0 Å². The minimum Gasteiger partial charge on any atom is -0.508 e. The molecule has 2 aliphatic heterocycles. The second kappa shape index (κ2) is 11.4. The molecular weight excluding hydrogens is 512 g/mol. The Morgan fingerprint density at radius 3 is 2.37 bits per heavy atom. The van der Waals surface area contributed by atoms with E-state index in [0.29, 0.717) is 18.7 Å². The van der Waals surface area contributed by atoms with E-state index in [0.717, 1.165) is 36.2 Å². The lowest BCUT2D eigenvalue weighted by atomic mass is 9.70. The number of anilines is 3. The number of hydrogen-bond acceptors (Lipinski definition) is 5. The summed E-state index contributed by atoms with van der Waals surface area (Å²) in [6.45, 7) is 4.74. The molecule has 6 heteroatoms. The van der Waals surface area contributed by atoms with E-state index in [1.54, 1.807) is 12.1 Å². The van der Waals surface area contributed by atoms with Crippen LogP contribution in [0.25, 0.3) is 6.08 Å². The number of nitrogens with zero attached hydrogens (tertiary/aromatic N) is 1. The van der Waals surface area contributed by atoms with Crippen LogP contribution in [0.1, 0.15) is 45.1 Å². The summed E-state index contributed by atoms with van der Waals surface area (Å²) in [4.78, 5) is 28.8. The maximum Gasteiger partial charge on any atom is 0.238 e. The number of para-hydroxylation sites is 1. The van der Waals surface area contributed by atoms with Crippen LogP contribution in [0, 0.1) is 17.8 Å². The average Bonchev–Trinajstić information content (AvgIpc) is 3.52. The van der Waals surface area contributed by atoms with Crippen LogP contribution >= 0.6 is 0 Å². The Labute approximate surface area is 241 Å². The SMILES string of the molecule is CC/C(=C\c1ccc(O)cc1)CC[C@H]1OC[C@H]2C1=C(C)C[C@H]1C(=O)N(c3ccc(Nc4ccccc4)cc3)C(=O)[C@H]12. The number of rotatable bonds is 8. The van der Waals surface area contributed by atoms with Crippen LogP contribution in [0.5, 0.6) is 5.75 Å². The molecule has 3 aliphatic rings. The van der Waals surface area contributed by atoms with Gasteiger partial charge in [0.1, 0.15) is 5.75 Å². The van der Waals surface area contributed by atoms with Crippen LogP contribution in [-0.4, -0.2) is 29.6 Å². The van der Waals surface area contributed by atoms with Gasteiger partial charge in [0.25, 0.3) is 0 Å². The van der Waals surface area contributed by atoms with E-state index in [9.17, 15) is 14.7 Å². The fourth-order valence-electron chi connectivity index (χ4n) is 6.74. The van der Waals surface area contributed by atoms with Gasteiger partial charge in [0.2, 0.25) is 11.8 Å². The maximum absolute atomic E-state index is 13.8. The van der Waals surface area contributed by atoms with Crippen LogP contribution in [0.15, 0.2) is 95.6 Å². The highest BCUT2D eigenvalue weighted by atomic mass is 16.5. The largest absolute Gasteiger partial charge is 0.508 e. The third-order valence-electron chi connectivity index (χ3n) is 8.79. The number of carbonyl (C=O) groups excluding carboxylic acids is 2. The average molecular weight is 549 g/mol. The molecule has 41 heavy (non-hydrogen) atoms. The Morgan fingerprint density at radius 2 is 1.66 bits per heavy atom. The number of nitrogens with one attached hydrogen (secondary N) is 1. The number of phenolic OH excluding ortho intramolecular Hbond substituents is 1. The highest BCUT2D eigenvalue weighted by Gasteiger charge is 2.56. The van der Waals surface area contributed by atoms with Crippen molar-refractivity contribution < 1.29 is 19.4 Å². The molecule has 0 saturated carbocycles. The second-order valence-electron chi connectivity index (χ2n) is 11.3. The molecule has 210 valence electrons. The molecule has 4 atom stereocenters. The zero-order chi connectivity index (χ0) is 28.5. The molecule has 0 aromatic heterocycles. The van der Waals surface area contributed by atoms with Gasteiger partial charge in [0.05, 0.1) is 30.2 Å². The van der Waals surface area contributed by atoms with Crippen molar-refractivity contribution in [1.29, 1.82) is 0 Å². The maximum atomic E-state index is 13.8. The number of imide groups is 1. The minimum absolute atomic E-state index is 0.0315. The van der Waals surface area contributed by atoms with Gasteiger partial charge in [-0.3, -0.25) is 14.5 Å². The first-order valence-electron chi connectivity index (χ1n) is 14.5. The zero-order valence-corrected chi connectivity index (χ0v) is 23.5. The number of ether oxygens (including phenoxy) is 1. The van der Waals surface area contributed by atoms with Crippen molar-refractivity contribution in [2.24, 2.45) is 17.8 Å². The lowest BCUT2D eigenvalue weighted by molar-refractivity contribution is -0.122. The summed E-state index contributed by atoms with van der Waals surface area (Å²) >= 11 is 0. The third kappa shape index (κ3) is 5.32. The molecule has 0 radical (unpaired) electrons. The van der Waals surface area contributed by atoms with Gasteiger partial charge in [-0.05, 0) is 92.3 Å². The standard InChI is InChI=1S/C35H36N2O4/c1-3-23(20-24-9-16-28(38)17-10-24)11-18-31-32-22(2)19-29-33(30(32)21-41-31)35(40)37(34(29)39)27-14-12-26(13-15-27)36-25-7-5-4-6-8-25/h4-10,12-17,20,29-31,33,36,38H,3,11,18-19,21H2,1-2H3/b23-20+/t29-,30+,31-,33-/m1/s1. The summed E-state index contributed by atoms with van der Waals surface area (Å²) in [6, 6.07) is 24.7. The van der Waals surface area contributed by atoms with Crippen molar-refractivity contribution in [3.8, 4) is 5.75 Å². The van der Waals surface area contributed by atoms with E-state index in [4.69, 9.17) is 4.74 Å². The molecule has 0 unspecified atom stereocenters. The molecule has 2 fully saturated rings. The Bertz CT molecular complexity index is 1490. The van der Waals surface area contributed by atoms with Gasteiger partial charge in [-0.15, -0.1) is 0 Å². The highest BCUT2D eigenvalue weighted by molar-refractivity contribution is 6.22. The zero-order valence-electron chi connectivity index (χ0n) is 23.5. The number of phenols is 1. The fourth-order valence-corrected chi connectivity index (χ4v) is 6.74. The second-order valence-corrected chi connectivity index (χ2v) is 11.3. The number of hydrogen-bond donors (Lipinski definition) is 2. The minimum atomic E-state index is -0.369. The molecule has 2 heterocycles. The molecule has 6 rings (SSSR count). The van der Waals surface area contributed by atoms with E-state index in [1.165, 1.54) is 21.6 Å². The number of amides is 2. The summed E-state index contributed by atoms with van der Waals surface area (Å²) in [5, 5.41) is 12.9. The molecule has 1 aliphatic carbocycles. The van der Waals surface area contributed by atoms with E-state index < -0.39 is 0 Å². The van der Waals surface area contributed by atoms with E-state index in [-0.39, 0.29) is 41.4 Å². The van der Waals surface area contributed by atoms with E-state index >= 15 is 0 Å². The van der Waals surface area contributed by atoms with Crippen molar-refractivity contribution in [1.82, 2.24) is 0 Å². The predicted molar refractivity (Wildman–Crippen MR) is 162 cm³/mol. The Balaban J connectivity index is 1.15. The number of allylic oxidation sites excluding steroid dienone is 2.